The van der Waals surface area contributed by atoms with Gasteiger partial charge in [-0.05, 0) is 78.4 Å². The highest BCUT2D eigenvalue weighted by molar-refractivity contribution is 5.95. The SMILES string of the molecule is C=CCNc1cncc2c(=O)cc(Nc3ccccc3)n(-c3ccccc3)c12.CC.CC.Nc1cncc2c(=O)cc(Nc3ccccc3)n(-c3ccccc3)c12.O=c1cc(Nc2ccccc2)n(-c2ccccc2)c2c(NCc3ccccc3)cncc12. The Morgan fingerprint density at radius 2 is 0.697 bits per heavy atom. The molecule has 15 heteroatoms. The summed E-state index contributed by atoms with van der Waals surface area (Å²) in [5.41, 5.74) is 16.8. The molecular formula is C74H70N12O3. The minimum atomic E-state index is -0.125. The van der Waals surface area contributed by atoms with Gasteiger partial charge in [0.2, 0.25) is 0 Å². The fourth-order valence-electron chi connectivity index (χ4n) is 9.86. The van der Waals surface area contributed by atoms with Gasteiger partial charge in [0.15, 0.2) is 16.3 Å². The molecule has 0 saturated heterocycles. The molecule has 7 aromatic carbocycles. The van der Waals surface area contributed by atoms with Gasteiger partial charge < -0.3 is 32.3 Å². The van der Waals surface area contributed by atoms with Gasteiger partial charge in [-0.2, -0.15) is 0 Å². The molecule has 0 bridgehead atoms. The third kappa shape index (κ3) is 15.0. The zero-order valence-electron chi connectivity index (χ0n) is 50.1. The smallest absolute Gasteiger partial charge is 0.193 e. The molecule has 0 radical (unpaired) electrons. The summed E-state index contributed by atoms with van der Waals surface area (Å²) in [5.74, 6) is 2.02. The van der Waals surface area contributed by atoms with Crippen molar-refractivity contribution in [2.45, 2.75) is 34.2 Å². The number of nitrogens with two attached hydrogens (primary N) is 1. The van der Waals surface area contributed by atoms with Crippen LogP contribution in [0.4, 0.5) is 51.6 Å². The average molecular weight is 1180 g/mol. The molecule has 0 unspecified atom stereocenters. The van der Waals surface area contributed by atoms with Crippen LogP contribution in [0.5, 0.6) is 0 Å². The lowest BCUT2D eigenvalue weighted by atomic mass is 10.1. The van der Waals surface area contributed by atoms with Crippen LogP contribution in [0.3, 0.4) is 0 Å². The Labute approximate surface area is 517 Å². The third-order valence-corrected chi connectivity index (χ3v) is 13.7. The minimum absolute atomic E-state index is 0.0820. The van der Waals surface area contributed by atoms with Crippen molar-refractivity contribution < 1.29 is 0 Å². The number of nitrogen functional groups attached to an aromatic ring is 1. The van der Waals surface area contributed by atoms with E-state index >= 15 is 0 Å². The van der Waals surface area contributed by atoms with Gasteiger partial charge in [-0.25, -0.2) is 0 Å². The normalized spacial score (nSPS) is 10.3. The number of rotatable bonds is 15. The van der Waals surface area contributed by atoms with Crippen LogP contribution in [0.1, 0.15) is 33.3 Å². The number of hydrogen-bond acceptors (Lipinski definition) is 12. The van der Waals surface area contributed by atoms with Gasteiger partial charge in [-0.15, -0.1) is 6.58 Å². The van der Waals surface area contributed by atoms with Gasteiger partial charge in [-0.1, -0.05) is 173 Å². The van der Waals surface area contributed by atoms with Crippen molar-refractivity contribution in [1.29, 1.82) is 0 Å². The summed E-state index contributed by atoms with van der Waals surface area (Å²) < 4.78 is 6.05. The van der Waals surface area contributed by atoms with Crippen molar-refractivity contribution in [1.82, 2.24) is 28.7 Å². The lowest BCUT2D eigenvalue weighted by molar-refractivity contribution is 1.08. The lowest BCUT2D eigenvalue weighted by Crippen LogP contribution is -2.14. The number of hydrogen-bond donors (Lipinski definition) is 6. The number of pyridine rings is 6. The van der Waals surface area contributed by atoms with Crippen molar-refractivity contribution in [3.63, 3.8) is 0 Å². The van der Waals surface area contributed by atoms with Crippen molar-refractivity contribution in [3.8, 4) is 17.1 Å². The average Bonchev–Trinajstić information content (AvgIpc) is 0.854. The minimum Gasteiger partial charge on any atom is -0.396 e. The van der Waals surface area contributed by atoms with E-state index in [1.165, 1.54) is 0 Å². The zero-order valence-corrected chi connectivity index (χ0v) is 50.1. The molecule has 0 aliphatic rings. The summed E-state index contributed by atoms with van der Waals surface area (Å²) in [4.78, 5) is 51.2. The molecular weight excluding hydrogens is 1100 g/mol. The molecule has 0 amide bonds. The molecule has 6 heterocycles. The van der Waals surface area contributed by atoms with Gasteiger partial charge in [-0.3, -0.25) is 43.0 Å². The molecule has 89 heavy (non-hydrogen) atoms. The molecule has 15 nitrogen and oxygen atoms in total. The maximum Gasteiger partial charge on any atom is 0.193 e. The van der Waals surface area contributed by atoms with Gasteiger partial charge >= 0.3 is 0 Å². The van der Waals surface area contributed by atoms with E-state index in [-0.39, 0.29) is 16.3 Å². The molecule has 444 valence electrons. The second-order valence-electron chi connectivity index (χ2n) is 19.5. The molecule has 0 aliphatic carbocycles. The standard InChI is InChI=1S/C27H22N4O.C23H20N4O.C20H16N4O.2C2H6/c32-25-16-26(30-21-12-6-2-7-13-21)31(22-14-8-3-9-15-22)27-23(25)18-28-19-24(27)29-17-20-10-4-1-5-11-20;1-2-13-25-20-16-24-15-19-21(28)14-22(26-17-9-5-3-6-10-17)27(23(19)20)18-11-7-4-8-12-18;21-17-13-22-12-16-18(25)11-19(23-14-7-3-1-4-8-14)24(20(16)17)15-9-5-2-6-10-15;2*1-2/h1-16,18-19,29-30H,17H2;2-12,14-16,25-26H,1,13H2;1-13,23H,21H2;2*1-2H3. The van der Waals surface area contributed by atoms with Crippen LogP contribution in [-0.2, 0) is 6.54 Å². The van der Waals surface area contributed by atoms with Crippen molar-refractivity contribution >= 4 is 84.3 Å². The quantitative estimate of drug-likeness (QED) is 0.0534. The monoisotopic (exact) mass is 1170 g/mol. The second kappa shape index (κ2) is 30.8. The van der Waals surface area contributed by atoms with Crippen LogP contribution in [0.15, 0.2) is 295 Å². The molecule has 13 rings (SSSR count). The van der Waals surface area contributed by atoms with Crippen LogP contribution in [0, 0.1) is 0 Å². The fourth-order valence-corrected chi connectivity index (χ4v) is 9.86. The Balaban J connectivity index is 0.000000155. The zero-order chi connectivity index (χ0) is 62.3. The van der Waals surface area contributed by atoms with Crippen LogP contribution in [0.25, 0.3) is 49.8 Å². The fraction of sp³-hybridized carbons (Fsp3) is 0.0811. The number of nitrogens with zero attached hydrogens (tertiary/aromatic N) is 6. The molecule has 6 aromatic heterocycles. The third-order valence-electron chi connectivity index (χ3n) is 13.7. The summed E-state index contributed by atoms with van der Waals surface area (Å²) in [6.07, 6.45) is 11.6. The van der Waals surface area contributed by atoms with E-state index in [2.05, 4.69) is 64.8 Å². The van der Waals surface area contributed by atoms with Crippen LogP contribution in [0.2, 0.25) is 0 Å². The van der Waals surface area contributed by atoms with Crippen LogP contribution in [-0.4, -0.2) is 35.2 Å². The number of anilines is 9. The highest BCUT2D eigenvalue weighted by Gasteiger charge is 2.18. The number of nitrogens with one attached hydrogen (secondary N) is 5. The van der Waals surface area contributed by atoms with E-state index in [1.807, 2.05) is 237 Å². The van der Waals surface area contributed by atoms with Crippen LogP contribution < -0.4 is 48.6 Å². The Hall–Kier alpha value is -11.8. The van der Waals surface area contributed by atoms with Crippen molar-refractivity contribution in [2.75, 3.05) is 38.9 Å². The van der Waals surface area contributed by atoms with Gasteiger partial charge in [0.1, 0.15) is 17.5 Å². The lowest BCUT2D eigenvalue weighted by Gasteiger charge is -2.20. The number of fused-ring (bicyclic) bond motifs is 3. The van der Waals surface area contributed by atoms with Gasteiger partial charge in [0.25, 0.3) is 0 Å². The van der Waals surface area contributed by atoms with E-state index in [4.69, 9.17) is 5.73 Å². The van der Waals surface area contributed by atoms with E-state index < -0.39 is 0 Å². The van der Waals surface area contributed by atoms with E-state index in [1.54, 1.807) is 61.5 Å². The molecule has 0 spiro atoms. The maximum absolute atomic E-state index is 13.1. The number of para-hydroxylation sites is 6. The molecule has 0 aliphatic heterocycles. The summed E-state index contributed by atoms with van der Waals surface area (Å²) >= 11 is 0. The predicted molar refractivity (Wildman–Crippen MR) is 371 cm³/mol. The first-order valence-corrected chi connectivity index (χ1v) is 29.4. The van der Waals surface area contributed by atoms with Gasteiger partial charge in [0.05, 0.1) is 68.4 Å². The molecule has 0 fully saturated rings. The Morgan fingerprint density at radius 1 is 0.393 bits per heavy atom. The Morgan fingerprint density at radius 3 is 1.06 bits per heavy atom. The highest BCUT2D eigenvalue weighted by Crippen LogP contribution is 2.32. The first-order chi connectivity index (χ1) is 43.8. The summed E-state index contributed by atoms with van der Waals surface area (Å²) in [5, 5.41) is 18.5. The van der Waals surface area contributed by atoms with E-state index in [0.717, 1.165) is 62.1 Å². The van der Waals surface area contributed by atoms with Crippen molar-refractivity contribution in [2.24, 2.45) is 0 Å². The summed E-state index contributed by atoms with van der Waals surface area (Å²) in [6.45, 7) is 13.0. The Kier molecular flexibility index (Phi) is 21.4. The maximum atomic E-state index is 13.1. The number of benzene rings is 7. The molecule has 0 atom stereocenters. The molecule has 0 saturated carbocycles. The predicted octanol–water partition coefficient (Wildman–Crippen LogP) is 16.2. The number of aromatic nitrogens is 6. The molecule has 7 N–H and O–H groups in total. The Bertz CT molecular complexity index is 4590. The van der Waals surface area contributed by atoms with Gasteiger partial charge in [0, 0.05) is 84.0 Å². The van der Waals surface area contributed by atoms with E-state index in [0.29, 0.717) is 57.9 Å². The van der Waals surface area contributed by atoms with Crippen molar-refractivity contribution in [3.05, 3.63) is 317 Å². The topological polar surface area (TPSA) is 191 Å². The second-order valence-corrected chi connectivity index (χ2v) is 19.5. The largest absolute Gasteiger partial charge is 0.396 e. The summed E-state index contributed by atoms with van der Waals surface area (Å²) in [7, 11) is 0. The summed E-state index contributed by atoms with van der Waals surface area (Å²) in [6, 6.07) is 74.1. The van der Waals surface area contributed by atoms with E-state index in [9.17, 15) is 14.4 Å². The molecule has 13 aromatic rings. The first-order valence-electron chi connectivity index (χ1n) is 29.4. The first kappa shape index (κ1) is 61.7. The highest BCUT2D eigenvalue weighted by atomic mass is 16.1. The van der Waals surface area contributed by atoms with Crippen LogP contribution >= 0.6 is 0 Å².